The second kappa shape index (κ2) is 7.01. The van der Waals surface area contributed by atoms with E-state index < -0.39 is 0 Å². The summed E-state index contributed by atoms with van der Waals surface area (Å²) in [6.45, 7) is 3.68. The maximum Gasteiger partial charge on any atom is 0.0843 e. The molecule has 0 radical (unpaired) electrons. The quantitative estimate of drug-likeness (QED) is 0.776. The highest BCUT2D eigenvalue weighted by atomic mass is 79.9. The van der Waals surface area contributed by atoms with E-state index in [9.17, 15) is 0 Å². The first-order valence-corrected chi connectivity index (χ1v) is 6.36. The van der Waals surface area contributed by atoms with Gasteiger partial charge in [-0.3, -0.25) is 0 Å². The van der Waals surface area contributed by atoms with Crippen molar-refractivity contribution >= 4 is 55.6 Å². The minimum absolute atomic E-state index is 0. The molecule has 0 aliphatic rings. The van der Waals surface area contributed by atoms with Crippen molar-refractivity contribution < 1.29 is 0 Å². The van der Waals surface area contributed by atoms with Crippen LogP contribution in [0.1, 0.15) is 23.8 Å². The number of thiophene rings is 1. The fourth-order valence-corrected chi connectivity index (χ4v) is 3.11. The lowest BCUT2D eigenvalue weighted by Crippen LogP contribution is -2.07. The Morgan fingerprint density at radius 1 is 1.57 bits per heavy atom. The number of hydrogen-bond acceptors (Lipinski definition) is 2. The van der Waals surface area contributed by atoms with Crippen molar-refractivity contribution in [3.63, 3.8) is 0 Å². The van der Waals surface area contributed by atoms with Crippen LogP contribution in [0.15, 0.2) is 27.0 Å². The third kappa shape index (κ3) is 4.03. The maximum absolute atomic E-state index is 5.98. The molecule has 80 valence electrons. The summed E-state index contributed by atoms with van der Waals surface area (Å²) in [6.07, 6.45) is 3.83. The van der Waals surface area contributed by atoms with Crippen molar-refractivity contribution in [3.8, 4) is 0 Å². The monoisotopic (exact) mass is 359 g/mol. The summed E-state index contributed by atoms with van der Waals surface area (Å²) in [4.78, 5) is 1.21. The Kier molecular flexibility index (Phi) is 7.34. The van der Waals surface area contributed by atoms with Crippen LogP contribution in [0.25, 0.3) is 0 Å². The van der Waals surface area contributed by atoms with E-state index >= 15 is 0 Å². The van der Waals surface area contributed by atoms with Crippen LogP contribution in [0.5, 0.6) is 0 Å². The number of halogens is 3. The van der Waals surface area contributed by atoms with E-state index in [1.165, 1.54) is 4.88 Å². The molecule has 0 spiro atoms. The summed E-state index contributed by atoms with van der Waals surface area (Å²) in [5.74, 6) is 0. The highest BCUT2D eigenvalue weighted by Gasteiger charge is 2.10. The van der Waals surface area contributed by atoms with Crippen molar-refractivity contribution in [2.24, 2.45) is 5.73 Å². The molecule has 0 fully saturated rings. The van der Waals surface area contributed by atoms with Gasteiger partial charge in [0.05, 0.1) is 3.79 Å². The zero-order valence-corrected chi connectivity index (χ0v) is 12.3. The standard InChI is InChI=1S/C9H11Br2NS.ClH/c1-2-3-4-7(12)8-5-6(10)9(11)13-8;/h2,5,7H,1,3-4,12H2;1H/t7-;/m1./s1. The van der Waals surface area contributed by atoms with Gasteiger partial charge in [0.25, 0.3) is 0 Å². The van der Waals surface area contributed by atoms with Gasteiger partial charge in [-0.25, -0.2) is 0 Å². The van der Waals surface area contributed by atoms with E-state index in [1.807, 2.05) is 6.08 Å². The second-order valence-electron chi connectivity index (χ2n) is 2.74. The summed E-state index contributed by atoms with van der Waals surface area (Å²) in [5.41, 5.74) is 5.98. The molecule has 1 atom stereocenters. The van der Waals surface area contributed by atoms with Crippen molar-refractivity contribution in [1.29, 1.82) is 0 Å². The van der Waals surface area contributed by atoms with E-state index in [0.717, 1.165) is 21.1 Å². The predicted octanol–water partition coefficient (Wildman–Crippen LogP) is 4.66. The molecule has 0 saturated heterocycles. The van der Waals surface area contributed by atoms with Crippen LogP contribution in [-0.4, -0.2) is 0 Å². The van der Waals surface area contributed by atoms with Crippen LogP contribution in [0, 0.1) is 0 Å². The third-order valence-electron chi connectivity index (χ3n) is 1.71. The first-order valence-electron chi connectivity index (χ1n) is 3.96. The number of rotatable bonds is 4. The first-order chi connectivity index (χ1) is 6.15. The zero-order chi connectivity index (χ0) is 9.84. The fraction of sp³-hybridized carbons (Fsp3) is 0.333. The summed E-state index contributed by atoms with van der Waals surface area (Å²) < 4.78 is 2.19. The maximum atomic E-state index is 5.98. The molecular weight excluding hydrogens is 349 g/mol. The molecule has 0 bridgehead atoms. The molecule has 1 aromatic rings. The molecule has 14 heavy (non-hydrogen) atoms. The average Bonchev–Trinajstić information content (AvgIpc) is 2.43. The fourth-order valence-electron chi connectivity index (χ4n) is 0.986. The van der Waals surface area contributed by atoms with Gasteiger partial charge in [-0.2, -0.15) is 0 Å². The minimum atomic E-state index is 0. The molecule has 2 N–H and O–H groups in total. The van der Waals surface area contributed by atoms with Crippen LogP contribution in [-0.2, 0) is 0 Å². The van der Waals surface area contributed by atoms with Gasteiger partial charge in [0.1, 0.15) is 0 Å². The number of allylic oxidation sites excluding steroid dienone is 1. The van der Waals surface area contributed by atoms with Crippen molar-refractivity contribution in [1.82, 2.24) is 0 Å². The molecule has 1 rings (SSSR count). The van der Waals surface area contributed by atoms with Crippen LogP contribution < -0.4 is 5.73 Å². The van der Waals surface area contributed by atoms with Gasteiger partial charge in [0.2, 0.25) is 0 Å². The van der Waals surface area contributed by atoms with Crippen LogP contribution in [0.2, 0.25) is 0 Å². The van der Waals surface area contributed by atoms with Crippen LogP contribution in [0.3, 0.4) is 0 Å². The molecule has 0 saturated carbocycles. The lowest BCUT2D eigenvalue weighted by atomic mass is 10.1. The SMILES string of the molecule is C=CCC[C@@H](N)c1cc(Br)c(Br)s1.Cl. The molecule has 1 heterocycles. The van der Waals surface area contributed by atoms with Crippen molar-refractivity contribution in [2.45, 2.75) is 18.9 Å². The molecule has 0 aromatic carbocycles. The number of hydrogen-bond donors (Lipinski definition) is 1. The van der Waals surface area contributed by atoms with Gasteiger partial charge in [-0.15, -0.1) is 30.3 Å². The molecule has 5 heteroatoms. The van der Waals surface area contributed by atoms with E-state index in [1.54, 1.807) is 11.3 Å². The van der Waals surface area contributed by atoms with Gasteiger partial charge in [0, 0.05) is 15.4 Å². The normalized spacial score (nSPS) is 11.9. The minimum Gasteiger partial charge on any atom is -0.323 e. The highest BCUT2D eigenvalue weighted by molar-refractivity contribution is 9.13. The Morgan fingerprint density at radius 2 is 2.21 bits per heavy atom. The highest BCUT2D eigenvalue weighted by Crippen LogP contribution is 2.35. The third-order valence-corrected chi connectivity index (χ3v) is 5.10. The van der Waals surface area contributed by atoms with E-state index in [-0.39, 0.29) is 18.4 Å². The van der Waals surface area contributed by atoms with Gasteiger partial charge in [-0.1, -0.05) is 6.08 Å². The van der Waals surface area contributed by atoms with Gasteiger partial charge in [0.15, 0.2) is 0 Å². The van der Waals surface area contributed by atoms with E-state index in [2.05, 4.69) is 44.5 Å². The summed E-state index contributed by atoms with van der Waals surface area (Å²) >= 11 is 8.57. The van der Waals surface area contributed by atoms with Gasteiger partial charge in [-0.05, 0) is 50.8 Å². The number of nitrogens with two attached hydrogens (primary N) is 1. The van der Waals surface area contributed by atoms with Gasteiger partial charge < -0.3 is 5.73 Å². The lowest BCUT2D eigenvalue weighted by Gasteiger charge is -2.06. The Balaban J connectivity index is 0.00000169. The Morgan fingerprint density at radius 3 is 2.64 bits per heavy atom. The smallest absolute Gasteiger partial charge is 0.0843 e. The average molecular weight is 362 g/mol. The molecule has 0 amide bonds. The Hall–Kier alpha value is 0.650. The largest absolute Gasteiger partial charge is 0.323 e. The first kappa shape index (κ1) is 14.6. The van der Waals surface area contributed by atoms with E-state index in [0.29, 0.717) is 0 Å². The van der Waals surface area contributed by atoms with Crippen LogP contribution in [0.4, 0.5) is 0 Å². The van der Waals surface area contributed by atoms with Crippen molar-refractivity contribution in [2.75, 3.05) is 0 Å². The summed E-state index contributed by atoms with van der Waals surface area (Å²) in [7, 11) is 0. The molecule has 0 unspecified atom stereocenters. The molecule has 1 aromatic heterocycles. The Labute approximate surface area is 111 Å². The zero-order valence-electron chi connectivity index (χ0n) is 7.50. The Bertz CT molecular complexity index is 282. The van der Waals surface area contributed by atoms with Crippen LogP contribution >= 0.6 is 55.6 Å². The molecule has 0 aliphatic carbocycles. The summed E-state index contributed by atoms with van der Waals surface area (Å²) in [5, 5.41) is 0. The molecule has 1 nitrogen and oxygen atoms in total. The molecule has 0 aliphatic heterocycles. The van der Waals surface area contributed by atoms with E-state index in [4.69, 9.17) is 5.73 Å². The topological polar surface area (TPSA) is 26.0 Å². The van der Waals surface area contributed by atoms with Crippen molar-refractivity contribution in [3.05, 3.63) is 31.9 Å². The molecular formula is C9H12Br2ClNS. The summed E-state index contributed by atoms with van der Waals surface area (Å²) in [6, 6.07) is 2.20. The lowest BCUT2D eigenvalue weighted by molar-refractivity contribution is 0.672. The van der Waals surface area contributed by atoms with Gasteiger partial charge >= 0.3 is 0 Å². The predicted molar refractivity (Wildman–Crippen MR) is 73.3 cm³/mol. The second-order valence-corrected chi connectivity index (χ2v) is 6.00.